The second-order valence-corrected chi connectivity index (χ2v) is 10.2. The van der Waals surface area contributed by atoms with E-state index >= 15 is 0 Å². The zero-order chi connectivity index (χ0) is 35.7. The van der Waals surface area contributed by atoms with Crippen LogP contribution in [0.4, 0.5) is 114 Å². The molecule has 0 amide bonds. The Kier molecular flexibility index (Phi) is 10.5. The van der Waals surface area contributed by atoms with Crippen molar-refractivity contribution in [1.82, 2.24) is 0 Å². The molecular formula is C14H2F26OS2. The van der Waals surface area contributed by atoms with Gasteiger partial charge in [-0.25, -0.2) is 0 Å². The van der Waals surface area contributed by atoms with Crippen molar-refractivity contribution in [3.63, 3.8) is 0 Å². The van der Waals surface area contributed by atoms with Crippen molar-refractivity contribution in [2.75, 3.05) is 0 Å². The molecule has 29 heteroatoms. The zero-order valence-electron chi connectivity index (χ0n) is 18.2. The standard InChI is InChI=1S/C14H2F26OS2/c15-3(16,7(23,24)11(31,32)33)5(19,20)9(27,28)13(37,38)42-2(1-41)43-14(39,40)10(29,30)6(21,22)4(17,18)8(25,26)12(34,35)36/h1-2H. The SMILES string of the molecule is O=CC(SC(F)(F)C(F)(F)C(F)(F)C(F)(F)C(F)(F)C(F)(F)F)SC(F)(F)C(F)(F)C(F)(F)C(F)(F)C(F)(F)C(F)(F)F. The molecule has 0 saturated carbocycles. The molecule has 0 bridgehead atoms. The Balaban J connectivity index is 6.68. The fourth-order valence-electron chi connectivity index (χ4n) is 2.03. The molecule has 1 nitrogen and oxygen atoms in total. The van der Waals surface area contributed by atoms with Crippen molar-refractivity contribution >= 4 is 29.8 Å². The van der Waals surface area contributed by atoms with Gasteiger partial charge in [0, 0.05) is 0 Å². The van der Waals surface area contributed by atoms with E-state index in [0.717, 1.165) is 0 Å². The fraction of sp³-hybridized carbons (Fsp3) is 0.929. The highest BCUT2D eigenvalue weighted by Crippen LogP contribution is 2.65. The summed E-state index contributed by atoms with van der Waals surface area (Å²) in [6, 6.07) is 0. The molecule has 0 atom stereocenters. The third kappa shape index (κ3) is 5.96. The summed E-state index contributed by atoms with van der Waals surface area (Å²) in [5.74, 6) is -68.0. The first-order valence-corrected chi connectivity index (χ1v) is 10.6. The van der Waals surface area contributed by atoms with Crippen LogP contribution in [-0.4, -0.2) is 81.1 Å². The van der Waals surface area contributed by atoms with Gasteiger partial charge < -0.3 is 4.79 Å². The van der Waals surface area contributed by atoms with Crippen LogP contribution in [0.25, 0.3) is 0 Å². The second kappa shape index (κ2) is 10.8. The van der Waals surface area contributed by atoms with Gasteiger partial charge in [-0.2, -0.15) is 114 Å². The number of carbonyl (C=O) groups is 1. The van der Waals surface area contributed by atoms with E-state index in [4.69, 9.17) is 0 Å². The summed E-state index contributed by atoms with van der Waals surface area (Å²) in [6.07, 6.45) is -17.8. The lowest BCUT2D eigenvalue weighted by atomic mass is 9.98. The summed E-state index contributed by atoms with van der Waals surface area (Å²) in [5.41, 5.74) is 0. The van der Waals surface area contributed by atoms with Crippen LogP contribution in [0, 0.1) is 0 Å². The van der Waals surface area contributed by atoms with E-state index in [1.165, 1.54) is 0 Å². The highest BCUT2D eigenvalue weighted by Gasteiger charge is 2.92. The highest BCUT2D eigenvalue weighted by atomic mass is 32.2. The molecule has 0 aliphatic rings. The van der Waals surface area contributed by atoms with Gasteiger partial charge in [-0.1, -0.05) is 23.5 Å². The van der Waals surface area contributed by atoms with Gasteiger partial charge in [0.25, 0.3) is 0 Å². The Morgan fingerprint density at radius 3 is 0.674 bits per heavy atom. The fourth-order valence-corrected chi connectivity index (χ4v) is 4.19. The van der Waals surface area contributed by atoms with Crippen LogP contribution in [0.3, 0.4) is 0 Å². The number of aldehydes is 1. The van der Waals surface area contributed by atoms with Gasteiger partial charge in [-0.3, -0.25) is 0 Å². The van der Waals surface area contributed by atoms with Crippen LogP contribution in [0.15, 0.2) is 0 Å². The summed E-state index contributed by atoms with van der Waals surface area (Å²) in [6.45, 7) is 0. The van der Waals surface area contributed by atoms with Crippen LogP contribution in [-0.2, 0) is 4.79 Å². The summed E-state index contributed by atoms with van der Waals surface area (Å²) in [4.78, 5) is 10.6. The molecule has 0 fully saturated rings. The van der Waals surface area contributed by atoms with Crippen LogP contribution in [0.5, 0.6) is 0 Å². The lowest BCUT2D eigenvalue weighted by Crippen LogP contribution is -2.70. The van der Waals surface area contributed by atoms with Crippen molar-refractivity contribution < 1.29 is 119 Å². The van der Waals surface area contributed by atoms with Crippen molar-refractivity contribution in [3.05, 3.63) is 0 Å². The molecule has 0 radical (unpaired) electrons. The zero-order valence-corrected chi connectivity index (χ0v) is 19.8. The average molecular weight is 744 g/mol. The first-order chi connectivity index (χ1) is 18.1. The first kappa shape index (κ1) is 41.5. The van der Waals surface area contributed by atoms with E-state index in [1.54, 1.807) is 0 Å². The Hall–Kier alpha value is -1.45. The number of carbonyl (C=O) groups excluding carboxylic acids is 1. The molecule has 0 aromatic heterocycles. The number of hydrogen-bond donors (Lipinski definition) is 0. The number of rotatable bonds is 13. The minimum absolute atomic E-state index is 1.93. The van der Waals surface area contributed by atoms with E-state index in [2.05, 4.69) is 0 Å². The van der Waals surface area contributed by atoms with Crippen molar-refractivity contribution in [2.24, 2.45) is 0 Å². The lowest BCUT2D eigenvalue weighted by molar-refractivity contribution is -0.433. The predicted molar refractivity (Wildman–Crippen MR) is 86.6 cm³/mol. The van der Waals surface area contributed by atoms with E-state index < -0.39 is 105 Å². The Bertz CT molecular complexity index is 930. The van der Waals surface area contributed by atoms with E-state index in [0.29, 0.717) is 0 Å². The summed E-state index contributed by atoms with van der Waals surface area (Å²) in [5, 5.41) is -15.2. The van der Waals surface area contributed by atoms with E-state index in [-0.39, 0.29) is 0 Å². The monoisotopic (exact) mass is 744 g/mol. The van der Waals surface area contributed by atoms with Crippen molar-refractivity contribution in [3.8, 4) is 0 Å². The minimum Gasteiger partial charge on any atom is -0.301 e. The molecule has 0 spiro atoms. The molecule has 258 valence electrons. The number of hydrogen-bond acceptors (Lipinski definition) is 3. The third-order valence-corrected chi connectivity index (χ3v) is 6.82. The maximum atomic E-state index is 13.7. The number of alkyl halides is 26. The minimum atomic E-state index is -8.65. The molecule has 0 aromatic carbocycles. The smallest absolute Gasteiger partial charge is 0.301 e. The third-order valence-electron chi connectivity index (χ3n) is 4.45. The van der Waals surface area contributed by atoms with E-state index in [9.17, 15) is 119 Å². The average Bonchev–Trinajstić information content (AvgIpc) is 2.75. The maximum absolute atomic E-state index is 13.7. The van der Waals surface area contributed by atoms with Gasteiger partial charge in [0.15, 0.2) is 0 Å². The molecular weight excluding hydrogens is 742 g/mol. The topological polar surface area (TPSA) is 17.1 Å². The Morgan fingerprint density at radius 2 is 0.512 bits per heavy atom. The normalized spacial score (nSPS) is 16.6. The van der Waals surface area contributed by atoms with Gasteiger partial charge >= 0.3 is 70.2 Å². The van der Waals surface area contributed by atoms with Crippen LogP contribution >= 0.6 is 23.5 Å². The molecule has 0 unspecified atom stereocenters. The van der Waals surface area contributed by atoms with Crippen LogP contribution in [0.1, 0.15) is 0 Å². The van der Waals surface area contributed by atoms with Crippen LogP contribution < -0.4 is 0 Å². The molecule has 0 rings (SSSR count). The molecule has 43 heavy (non-hydrogen) atoms. The van der Waals surface area contributed by atoms with Crippen molar-refractivity contribution in [2.45, 2.75) is 74.8 Å². The lowest BCUT2D eigenvalue weighted by Gasteiger charge is -2.41. The predicted octanol–water partition coefficient (Wildman–Crippen LogP) is 9.37. The Morgan fingerprint density at radius 1 is 0.326 bits per heavy atom. The molecule has 0 aliphatic carbocycles. The molecule has 0 N–H and O–H groups in total. The van der Waals surface area contributed by atoms with Crippen molar-refractivity contribution in [1.29, 1.82) is 0 Å². The van der Waals surface area contributed by atoms with Crippen LogP contribution in [0.2, 0.25) is 0 Å². The summed E-state index contributed by atoms with van der Waals surface area (Å²) in [7, 11) is 0. The van der Waals surface area contributed by atoms with Gasteiger partial charge in [-0.15, -0.1) is 0 Å². The highest BCUT2D eigenvalue weighted by molar-refractivity contribution is 8.18. The van der Waals surface area contributed by atoms with Gasteiger partial charge in [0.2, 0.25) is 0 Å². The summed E-state index contributed by atoms with van der Waals surface area (Å²) >= 11 is -6.23. The molecule has 0 heterocycles. The molecule has 0 aromatic rings. The van der Waals surface area contributed by atoms with Gasteiger partial charge in [0.1, 0.15) is 10.9 Å². The second-order valence-electron chi connectivity index (χ2n) is 7.36. The number of thioether (sulfide) groups is 2. The van der Waals surface area contributed by atoms with Gasteiger partial charge in [0.05, 0.1) is 0 Å². The molecule has 0 saturated heterocycles. The summed E-state index contributed by atoms with van der Waals surface area (Å²) < 4.78 is 334. The number of halogens is 26. The van der Waals surface area contributed by atoms with Gasteiger partial charge in [-0.05, 0) is 0 Å². The Labute approximate surface area is 224 Å². The first-order valence-electron chi connectivity index (χ1n) is 8.86. The quantitative estimate of drug-likeness (QED) is 0.106. The molecule has 0 aliphatic heterocycles. The largest absolute Gasteiger partial charge is 0.460 e. The van der Waals surface area contributed by atoms with E-state index in [1.807, 2.05) is 0 Å². The maximum Gasteiger partial charge on any atom is 0.460 e.